The van der Waals surface area contributed by atoms with Crippen molar-refractivity contribution in [3.63, 3.8) is 0 Å². The molecule has 0 amide bonds. The van der Waals surface area contributed by atoms with Crippen LogP contribution in [-0.4, -0.2) is 34.9 Å². The predicted molar refractivity (Wildman–Crippen MR) is 68.3 cm³/mol. The Bertz CT molecular complexity index is 609. The molecule has 0 radical (unpaired) electrons. The second kappa shape index (κ2) is 6.16. The van der Waals surface area contributed by atoms with Gasteiger partial charge in [-0.2, -0.15) is 4.98 Å². The van der Waals surface area contributed by atoms with Crippen LogP contribution in [0, 0.1) is 6.92 Å². The van der Waals surface area contributed by atoms with Crippen molar-refractivity contribution in [2.24, 2.45) is 0 Å². The van der Waals surface area contributed by atoms with Gasteiger partial charge < -0.3 is 19.1 Å². The van der Waals surface area contributed by atoms with Gasteiger partial charge in [-0.05, 0) is 30.7 Å². The number of methoxy groups -OCH3 is 1. The fourth-order valence-corrected chi connectivity index (χ4v) is 1.67. The highest BCUT2D eigenvalue weighted by Crippen LogP contribution is 2.24. The average molecular weight is 278 g/mol. The fourth-order valence-electron chi connectivity index (χ4n) is 1.67. The van der Waals surface area contributed by atoms with E-state index in [9.17, 15) is 4.79 Å². The molecule has 0 bridgehead atoms. The van der Waals surface area contributed by atoms with E-state index in [-0.39, 0.29) is 12.5 Å². The quantitative estimate of drug-likeness (QED) is 0.858. The number of hydrogen-bond acceptors (Lipinski definition) is 6. The van der Waals surface area contributed by atoms with Crippen LogP contribution in [0.25, 0.3) is 11.4 Å². The topological polar surface area (TPSA) is 94.7 Å². The van der Waals surface area contributed by atoms with E-state index in [2.05, 4.69) is 10.1 Å². The summed E-state index contributed by atoms with van der Waals surface area (Å²) in [5.41, 5.74) is 1.75. The summed E-state index contributed by atoms with van der Waals surface area (Å²) in [6.07, 6.45) is 0. The summed E-state index contributed by atoms with van der Waals surface area (Å²) in [7, 11) is 1.61. The SMILES string of the molecule is COc1ccc(-c2noc(COCC(=O)O)n2)cc1C. The van der Waals surface area contributed by atoms with E-state index in [1.807, 2.05) is 25.1 Å². The number of ether oxygens (including phenoxy) is 2. The van der Waals surface area contributed by atoms with E-state index in [1.54, 1.807) is 7.11 Å². The number of carboxylic acid groups (broad SMARTS) is 1. The molecule has 0 fully saturated rings. The van der Waals surface area contributed by atoms with Gasteiger partial charge in [-0.3, -0.25) is 0 Å². The Balaban J connectivity index is 2.08. The molecule has 2 rings (SSSR count). The highest BCUT2D eigenvalue weighted by atomic mass is 16.5. The minimum Gasteiger partial charge on any atom is -0.496 e. The number of aryl methyl sites for hydroxylation is 1. The standard InChI is InChI=1S/C13H14N2O5/c1-8-5-9(3-4-10(8)18-2)13-14-11(20-15-13)6-19-7-12(16)17/h3-5H,6-7H2,1-2H3,(H,16,17). The Kier molecular flexibility index (Phi) is 4.31. The van der Waals surface area contributed by atoms with Gasteiger partial charge in [0.1, 0.15) is 19.0 Å². The molecule has 2 aromatic rings. The van der Waals surface area contributed by atoms with Crippen LogP contribution in [0.3, 0.4) is 0 Å². The highest BCUT2D eigenvalue weighted by molar-refractivity contribution is 5.68. The van der Waals surface area contributed by atoms with Crippen LogP contribution < -0.4 is 4.74 Å². The first-order valence-corrected chi connectivity index (χ1v) is 5.87. The van der Waals surface area contributed by atoms with E-state index >= 15 is 0 Å². The van der Waals surface area contributed by atoms with Gasteiger partial charge in [0.15, 0.2) is 0 Å². The molecular weight excluding hydrogens is 264 g/mol. The lowest BCUT2D eigenvalue weighted by atomic mass is 10.1. The number of aliphatic carboxylic acids is 1. The summed E-state index contributed by atoms with van der Waals surface area (Å²) in [4.78, 5) is 14.4. The Morgan fingerprint density at radius 2 is 2.25 bits per heavy atom. The molecular formula is C13H14N2O5. The Labute approximate surface area is 115 Å². The predicted octanol–water partition coefficient (Wildman–Crippen LogP) is 1.65. The molecule has 106 valence electrons. The van der Waals surface area contributed by atoms with Crippen molar-refractivity contribution in [3.05, 3.63) is 29.7 Å². The van der Waals surface area contributed by atoms with Crippen LogP contribution in [-0.2, 0) is 16.1 Å². The fraction of sp³-hybridized carbons (Fsp3) is 0.308. The van der Waals surface area contributed by atoms with Gasteiger partial charge in [0.2, 0.25) is 5.82 Å². The molecule has 0 saturated heterocycles. The van der Waals surface area contributed by atoms with E-state index < -0.39 is 12.6 Å². The second-order valence-electron chi connectivity index (χ2n) is 4.08. The zero-order valence-corrected chi connectivity index (χ0v) is 11.1. The van der Waals surface area contributed by atoms with Gasteiger partial charge in [-0.25, -0.2) is 4.79 Å². The third-order valence-electron chi connectivity index (χ3n) is 2.57. The molecule has 7 heteroatoms. The van der Waals surface area contributed by atoms with Crippen LogP contribution in [0.15, 0.2) is 22.7 Å². The Morgan fingerprint density at radius 1 is 1.45 bits per heavy atom. The number of rotatable bonds is 6. The summed E-state index contributed by atoms with van der Waals surface area (Å²) in [6.45, 7) is 1.48. The zero-order valence-electron chi connectivity index (χ0n) is 11.1. The Morgan fingerprint density at radius 3 is 2.90 bits per heavy atom. The van der Waals surface area contributed by atoms with Gasteiger partial charge in [-0.1, -0.05) is 5.16 Å². The molecule has 0 aliphatic carbocycles. The summed E-state index contributed by atoms with van der Waals surface area (Å²) in [5, 5.41) is 12.3. The minimum absolute atomic E-state index is 0.0333. The molecule has 0 spiro atoms. The molecule has 0 atom stereocenters. The zero-order chi connectivity index (χ0) is 14.5. The maximum atomic E-state index is 10.3. The second-order valence-corrected chi connectivity index (χ2v) is 4.08. The summed E-state index contributed by atoms with van der Waals surface area (Å²) < 4.78 is 15.0. The monoisotopic (exact) mass is 278 g/mol. The van der Waals surface area contributed by atoms with E-state index in [0.717, 1.165) is 16.9 Å². The maximum absolute atomic E-state index is 10.3. The molecule has 20 heavy (non-hydrogen) atoms. The molecule has 7 nitrogen and oxygen atoms in total. The summed E-state index contributed by atoms with van der Waals surface area (Å²) >= 11 is 0. The maximum Gasteiger partial charge on any atom is 0.329 e. The normalized spacial score (nSPS) is 10.5. The first-order chi connectivity index (χ1) is 9.60. The summed E-state index contributed by atoms with van der Waals surface area (Å²) in [6, 6.07) is 5.52. The van der Waals surface area contributed by atoms with Crippen molar-refractivity contribution in [1.29, 1.82) is 0 Å². The van der Waals surface area contributed by atoms with E-state index in [1.165, 1.54) is 0 Å². The molecule has 1 N–H and O–H groups in total. The smallest absolute Gasteiger partial charge is 0.329 e. The number of carboxylic acids is 1. The highest BCUT2D eigenvalue weighted by Gasteiger charge is 2.10. The van der Waals surface area contributed by atoms with Gasteiger partial charge in [-0.15, -0.1) is 0 Å². The molecule has 0 saturated carbocycles. The molecule has 1 heterocycles. The minimum atomic E-state index is -1.05. The third-order valence-corrected chi connectivity index (χ3v) is 2.57. The van der Waals surface area contributed by atoms with E-state index in [4.69, 9.17) is 19.1 Å². The van der Waals surface area contributed by atoms with Gasteiger partial charge >= 0.3 is 5.97 Å². The molecule has 0 aliphatic rings. The van der Waals surface area contributed by atoms with Crippen LogP contribution in [0.2, 0.25) is 0 Å². The lowest BCUT2D eigenvalue weighted by molar-refractivity contribution is -0.142. The lowest BCUT2D eigenvalue weighted by Crippen LogP contribution is -2.06. The Hall–Kier alpha value is -2.41. The number of nitrogens with zero attached hydrogens (tertiary/aromatic N) is 2. The average Bonchev–Trinajstić information content (AvgIpc) is 2.87. The van der Waals surface area contributed by atoms with Crippen molar-refractivity contribution in [3.8, 4) is 17.1 Å². The number of benzene rings is 1. The lowest BCUT2D eigenvalue weighted by Gasteiger charge is -2.04. The van der Waals surface area contributed by atoms with Crippen LogP contribution in [0.4, 0.5) is 0 Å². The van der Waals surface area contributed by atoms with Crippen molar-refractivity contribution in [1.82, 2.24) is 10.1 Å². The van der Waals surface area contributed by atoms with Crippen molar-refractivity contribution in [2.75, 3.05) is 13.7 Å². The van der Waals surface area contributed by atoms with E-state index in [0.29, 0.717) is 5.82 Å². The van der Waals surface area contributed by atoms with Gasteiger partial charge in [0.05, 0.1) is 7.11 Å². The van der Waals surface area contributed by atoms with Crippen molar-refractivity contribution < 1.29 is 23.9 Å². The van der Waals surface area contributed by atoms with Crippen LogP contribution in [0.1, 0.15) is 11.5 Å². The third kappa shape index (κ3) is 3.33. The van der Waals surface area contributed by atoms with Crippen LogP contribution in [0.5, 0.6) is 5.75 Å². The van der Waals surface area contributed by atoms with Gasteiger partial charge in [0, 0.05) is 5.56 Å². The largest absolute Gasteiger partial charge is 0.496 e. The molecule has 0 aliphatic heterocycles. The van der Waals surface area contributed by atoms with Gasteiger partial charge in [0.25, 0.3) is 5.89 Å². The summed E-state index contributed by atoms with van der Waals surface area (Å²) in [5.74, 6) is 0.386. The first-order valence-electron chi connectivity index (χ1n) is 5.87. The number of carbonyl (C=O) groups is 1. The van der Waals surface area contributed by atoms with Crippen LogP contribution >= 0.6 is 0 Å². The van der Waals surface area contributed by atoms with Crippen molar-refractivity contribution >= 4 is 5.97 Å². The number of hydrogen-bond donors (Lipinski definition) is 1. The molecule has 0 unspecified atom stereocenters. The van der Waals surface area contributed by atoms with Crippen molar-refractivity contribution in [2.45, 2.75) is 13.5 Å². The number of aromatic nitrogens is 2. The molecule has 1 aromatic heterocycles. The first kappa shape index (κ1) is 14.0. The molecule has 1 aromatic carbocycles.